The predicted octanol–water partition coefficient (Wildman–Crippen LogP) is -0.561. The largest absolute Gasteiger partial charge is 0.354 e. The number of amides is 2. The Labute approximate surface area is 92.7 Å². The van der Waals surface area contributed by atoms with E-state index >= 15 is 0 Å². The Morgan fingerprint density at radius 2 is 2.31 bits per heavy atom. The van der Waals surface area contributed by atoms with Crippen LogP contribution in [0.5, 0.6) is 0 Å². The minimum Gasteiger partial charge on any atom is -0.354 e. The molecule has 2 heterocycles. The molecule has 0 saturated carbocycles. The summed E-state index contributed by atoms with van der Waals surface area (Å²) in [6, 6.07) is 1.60. The van der Waals surface area contributed by atoms with Crippen molar-refractivity contribution in [2.45, 2.75) is 6.42 Å². The molecular formula is C10H12N4O2. The van der Waals surface area contributed by atoms with E-state index in [0.717, 1.165) is 6.42 Å². The topological polar surface area (TPSA) is 75.2 Å². The first-order valence-corrected chi connectivity index (χ1v) is 5.10. The van der Waals surface area contributed by atoms with Crippen molar-refractivity contribution in [1.29, 1.82) is 0 Å². The van der Waals surface area contributed by atoms with E-state index in [-0.39, 0.29) is 18.4 Å². The highest BCUT2D eigenvalue weighted by atomic mass is 16.2. The highest BCUT2D eigenvalue weighted by molar-refractivity contribution is 5.96. The van der Waals surface area contributed by atoms with Crippen molar-refractivity contribution >= 4 is 11.8 Å². The smallest absolute Gasteiger partial charge is 0.256 e. The summed E-state index contributed by atoms with van der Waals surface area (Å²) in [5, 5.41) is 9.97. The molecule has 0 aliphatic carbocycles. The minimum absolute atomic E-state index is 0.112. The van der Waals surface area contributed by atoms with Crippen LogP contribution >= 0.6 is 0 Å². The van der Waals surface area contributed by atoms with Gasteiger partial charge in [-0.25, -0.2) is 0 Å². The third kappa shape index (κ3) is 2.33. The Bertz CT molecular complexity index is 393. The first-order valence-electron chi connectivity index (χ1n) is 5.10. The summed E-state index contributed by atoms with van der Waals surface area (Å²) in [6.07, 6.45) is 3.65. The molecule has 2 rings (SSSR count). The summed E-state index contributed by atoms with van der Waals surface area (Å²) < 4.78 is 0. The van der Waals surface area contributed by atoms with E-state index in [9.17, 15) is 9.59 Å². The van der Waals surface area contributed by atoms with Crippen LogP contribution in [0.25, 0.3) is 0 Å². The molecular weight excluding hydrogens is 208 g/mol. The molecule has 1 aromatic heterocycles. The number of carbonyl (C=O) groups excluding carboxylic acids is 2. The quantitative estimate of drug-likeness (QED) is 0.688. The molecule has 0 atom stereocenters. The van der Waals surface area contributed by atoms with E-state index in [1.165, 1.54) is 17.3 Å². The molecule has 0 bridgehead atoms. The van der Waals surface area contributed by atoms with Gasteiger partial charge in [-0.2, -0.15) is 10.2 Å². The molecule has 1 saturated heterocycles. The molecule has 0 radical (unpaired) electrons. The van der Waals surface area contributed by atoms with Crippen LogP contribution in [0.2, 0.25) is 0 Å². The second-order valence-electron chi connectivity index (χ2n) is 3.56. The third-order valence-corrected chi connectivity index (χ3v) is 2.38. The molecule has 0 unspecified atom stereocenters. The highest BCUT2D eigenvalue weighted by Gasteiger charge is 2.20. The van der Waals surface area contributed by atoms with E-state index in [0.29, 0.717) is 18.7 Å². The number of carbonyl (C=O) groups is 2. The summed E-state index contributed by atoms with van der Waals surface area (Å²) in [7, 11) is 0. The van der Waals surface area contributed by atoms with E-state index in [1.807, 2.05) is 0 Å². The van der Waals surface area contributed by atoms with Crippen molar-refractivity contribution in [3.63, 3.8) is 0 Å². The van der Waals surface area contributed by atoms with Crippen LogP contribution in [0.15, 0.2) is 18.5 Å². The molecule has 1 aliphatic rings. The maximum Gasteiger partial charge on any atom is 0.256 e. The maximum absolute atomic E-state index is 12.0. The number of hydrogen-bond acceptors (Lipinski definition) is 4. The first kappa shape index (κ1) is 10.5. The minimum atomic E-state index is -0.174. The highest BCUT2D eigenvalue weighted by Crippen LogP contribution is 2.04. The molecule has 84 valence electrons. The number of nitrogens with one attached hydrogen (secondary N) is 1. The van der Waals surface area contributed by atoms with Crippen molar-refractivity contribution < 1.29 is 9.59 Å². The lowest BCUT2D eigenvalue weighted by molar-refractivity contribution is -0.121. The second kappa shape index (κ2) is 4.69. The van der Waals surface area contributed by atoms with Crippen molar-refractivity contribution in [1.82, 2.24) is 20.4 Å². The maximum atomic E-state index is 12.0. The van der Waals surface area contributed by atoms with Gasteiger partial charge in [-0.1, -0.05) is 0 Å². The van der Waals surface area contributed by atoms with Crippen LogP contribution in [-0.2, 0) is 4.79 Å². The van der Waals surface area contributed by atoms with E-state index < -0.39 is 0 Å². The number of rotatable bonds is 1. The van der Waals surface area contributed by atoms with Gasteiger partial charge in [0, 0.05) is 13.1 Å². The summed E-state index contributed by atoms with van der Waals surface area (Å²) in [5.41, 5.74) is 0.463. The van der Waals surface area contributed by atoms with Gasteiger partial charge in [0.15, 0.2) is 0 Å². The fourth-order valence-corrected chi connectivity index (χ4v) is 1.58. The fraction of sp³-hybridized carbons (Fsp3) is 0.400. The van der Waals surface area contributed by atoms with Crippen LogP contribution in [0.3, 0.4) is 0 Å². The molecule has 1 fully saturated rings. The van der Waals surface area contributed by atoms with E-state index in [1.54, 1.807) is 6.07 Å². The zero-order valence-corrected chi connectivity index (χ0v) is 8.72. The summed E-state index contributed by atoms with van der Waals surface area (Å²) in [6.45, 7) is 1.32. The van der Waals surface area contributed by atoms with Gasteiger partial charge in [-0.3, -0.25) is 9.59 Å². The van der Waals surface area contributed by atoms with E-state index in [4.69, 9.17) is 0 Å². The van der Waals surface area contributed by atoms with Gasteiger partial charge in [-0.15, -0.1) is 0 Å². The second-order valence-corrected chi connectivity index (χ2v) is 3.56. The summed E-state index contributed by atoms with van der Waals surface area (Å²) in [4.78, 5) is 24.8. The summed E-state index contributed by atoms with van der Waals surface area (Å²) in [5.74, 6) is -0.292. The van der Waals surface area contributed by atoms with Crippen LogP contribution in [0.1, 0.15) is 16.8 Å². The Kier molecular flexibility index (Phi) is 3.09. The fourth-order valence-electron chi connectivity index (χ4n) is 1.58. The molecule has 6 nitrogen and oxygen atoms in total. The van der Waals surface area contributed by atoms with Crippen molar-refractivity contribution in [3.05, 3.63) is 24.0 Å². The van der Waals surface area contributed by atoms with Gasteiger partial charge in [0.05, 0.1) is 24.5 Å². The SMILES string of the molecule is O=C1CN(C(=O)c2ccnnc2)CCCN1. The van der Waals surface area contributed by atoms with Crippen LogP contribution in [-0.4, -0.2) is 46.5 Å². The lowest BCUT2D eigenvalue weighted by Crippen LogP contribution is -2.37. The van der Waals surface area contributed by atoms with E-state index in [2.05, 4.69) is 15.5 Å². The Morgan fingerprint density at radius 3 is 3.06 bits per heavy atom. The Balaban J connectivity index is 2.12. The first-order chi connectivity index (χ1) is 7.77. The summed E-state index contributed by atoms with van der Waals surface area (Å²) >= 11 is 0. The number of aromatic nitrogens is 2. The number of nitrogens with zero attached hydrogens (tertiary/aromatic N) is 3. The van der Waals surface area contributed by atoms with Crippen LogP contribution in [0, 0.1) is 0 Å². The average molecular weight is 220 g/mol. The molecule has 1 N–H and O–H groups in total. The van der Waals surface area contributed by atoms with Gasteiger partial charge in [0.1, 0.15) is 0 Å². The monoisotopic (exact) mass is 220 g/mol. The number of hydrogen-bond donors (Lipinski definition) is 1. The molecule has 6 heteroatoms. The van der Waals surface area contributed by atoms with Gasteiger partial charge < -0.3 is 10.2 Å². The van der Waals surface area contributed by atoms with Crippen molar-refractivity contribution in [2.24, 2.45) is 0 Å². The van der Waals surface area contributed by atoms with Crippen LogP contribution in [0.4, 0.5) is 0 Å². The normalized spacial score (nSPS) is 16.5. The predicted molar refractivity (Wildman–Crippen MR) is 55.6 cm³/mol. The lowest BCUT2D eigenvalue weighted by atomic mass is 10.2. The Hall–Kier alpha value is -1.98. The third-order valence-electron chi connectivity index (χ3n) is 2.38. The molecule has 1 aromatic rings. The van der Waals surface area contributed by atoms with Gasteiger partial charge in [-0.05, 0) is 12.5 Å². The van der Waals surface area contributed by atoms with Crippen LogP contribution < -0.4 is 5.32 Å². The molecule has 16 heavy (non-hydrogen) atoms. The Morgan fingerprint density at radius 1 is 1.44 bits per heavy atom. The molecule has 2 amide bonds. The zero-order valence-electron chi connectivity index (χ0n) is 8.72. The zero-order chi connectivity index (χ0) is 11.4. The van der Waals surface area contributed by atoms with Crippen molar-refractivity contribution in [3.8, 4) is 0 Å². The van der Waals surface area contributed by atoms with Gasteiger partial charge in [0.2, 0.25) is 5.91 Å². The molecule has 0 spiro atoms. The standard InChI is InChI=1S/C10H12N4O2/c15-9-7-14(5-1-3-11-9)10(16)8-2-4-12-13-6-8/h2,4,6H,1,3,5,7H2,(H,11,15). The van der Waals surface area contributed by atoms with Gasteiger partial charge >= 0.3 is 0 Å². The van der Waals surface area contributed by atoms with Gasteiger partial charge in [0.25, 0.3) is 5.91 Å². The van der Waals surface area contributed by atoms with Crippen molar-refractivity contribution in [2.75, 3.05) is 19.6 Å². The lowest BCUT2D eigenvalue weighted by Gasteiger charge is -2.18. The molecule has 0 aromatic carbocycles. The average Bonchev–Trinajstić information content (AvgIpc) is 2.54. The molecule has 1 aliphatic heterocycles.